The summed E-state index contributed by atoms with van der Waals surface area (Å²) in [6.07, 6.45) is 3.56. The minimum atomic E-state index is 0. The number of halogens is 3. The molecule has 2 N–H and O–H groups in total. The molecule has 1 aliphatic heterocycles. The molecule has 1 aliphatic rings. The van der Waals surface area contributed by atoms with E-state index in [1.165, 1.54) is 37.1 Å². The maximum atomic E-state index is 6.19. The van der Waals surface area contributed by atoms with Gasteiger partial charge < -0.3 is 27.0 Å². The number of quaternary nitrogens is 1. The van der Waals surface area contributed by atoms with Crippen molar-refractivity contribution in [2.24, 2.45) is 11.8 Å². The van der Waals surface area contributed by atoms with Crippen molar-refractivity contribution in [1.29, 1.82) is 0 Å². The summed E-state index contributed by atoms with van der Waals surface area (Å²) in [5.41, 5.74) is 4.24. The predicted octanol–water partition coefficient (Wildman–Crippen LogP) is 2.42. The summed E-state index contributed by atoms with van der Waals surface area (Å²) in [5.74, 6) is 1.21. The van der Waals surface area contributed by atoms with Crippen molar-refractivity contribution in [3.8, 4) is 0 Å². The first-order valence-corrected chi connectivity index (χ1v) is 12.0. The SMILES string of the molecule is Cc1ccc2oc(N[C@H](C[NH+]3CCC(Cc4ccc(Cl)c(Cl)c4)CC3)C(C)C)nc2c1.[Cl-]. The van der Waals surface area contributed by atoms with Crippen LogP contribution in [-0.2, 0) is 6.42 Å². The molecule has 4 rings (SSSR count). The average Bonchev–Trinajstić information content (AvgIpc) is 3.13. The van der Waals surface area contributed by atoms with E-state index >= 15 is 0 Å². The lowest BCUT2D eigenvalue weighted by molar-refractivity contribution is -0.907. The zero-order valence-electron chi connectivity index (χ0n) is 18.9. The van der Waals surface area contributed by atoms with E-state index in [0.29, 0.717) is 33.9 Å². The van der Waals surface area contributed by atoms with Gasteiger partial charge in [-0.2, -0.15) is 4.98 Å². The van der Waals surface area contributed by atoms with Gasteiger partial charge in [0.25, 0.3) is 6.01 Å². The molecule has 0 aliphatic carbocycles. The second-order valence-electron chi connectivity index (χ2n) is 9.34. The van der Waals surface area contributed by atoms with E-state index < -0.39 is 0 Å². The number of likely N-dealkylation sites (tertiary alicyclic amines) is 1. The summed E-state index contributed by atoms with van der Waals surface area (Å²) in [5, 5.41) is 4.86. The molecule has 2 heterocycles. The van der Waals surface area contributed by atoms with Crippen molar-refractivity contribution in [2.45, 2.75) is 46.1 Å². The first kappa shape index (κ1) is 25.2. The summed E-state index contributed by atoms with van der Waals surface area (Å²) in [7, 11) is 0. The third-order valence-corrected chi connectivity index (χ3v) is 7.22. The highest BCUT2D eigenvalue weighted by molar-refractivity contribution is 6.42. The van der Waals surface area contributed by atoms with E-state index in [1.54, 1.807) is 4.90 Å². The molecule has 7 heteroatoms. The van der Waals surface area contributed by atoms with Crippen LogP contribution in [0.4, 0.5) is 6.01 Å². The summed E-state index contributed by atoms with van der Waals surface area (Å²) < 4.78 is 5.94. The maximum Gasteiger partial charge on any atom is 0.296 e. The topological polar surface area (TPSA) is 42.5 Å². The van der Waals surface area contributed by atoms with Gasteiger partial charge in [0.15, 0.2) is 5.58 Å². The van der Waals surface area contributed by atoms with Crippen LogP contribution < -0.4 is 22.6 Å². The van der Waals surface area contributed by atoms with Crippen molar-refractivity contribution in [3.63, 3.8) is 0 Å². The van der Waals surface area contributed by atoms with Crippen LogP contribution >= 0.6 is 23.2 Å². The van der Waals surface area contributed by atoms with Crippen LogP contribution in [0.25, 0.3) is 11.1 Å². The van der Waals surface area contributed by atoms with Crippen LogP contribution in [0.1, 0.15) is 37.8 Å². The van der Waals surface area contributed by atoms with Gasteiger partial charge >= 0.3 is 0 Å². The van der Waals surface area contributed by atoms with Crippen LogP contribution in [0.5, 0.6) is 0 Å². The number of rotatable bonds is 7. The number of hydrogen-bond donors (Lipinski definition) is 2. The van der Waals surface area contributed by atoms with Gasteiger partial charge in [-0.15, -0.1) is 0 Å². The number of hydrogen-bond acceptors (Lipinski definition) is 3. The molecule has 1 fully saturated rings. The molecule has 0 saturated carbocycles. The normalized spacial score (nSPS) is 19.7. The van der Waals surface area contributed by atoms with Gasteiger partial charge in [-0.3, -0.25) is 0 Å². The molecule has 4 nitrogen and oxygen atoms in total. The van der Waals surface area contributed by atoms with Crippen molar-refractivity contribution in [2.75, 3.05) is 25.0 Å². The number of benzene rings is 2. The lowest BCUT2D eigenvalue weighted by atomic mass is 9.89. The van der Waals surface area contributed by atoms with Gasteiger partial charge in [0.1, 0.15) is 5.52 Å². The number of anilines is 1. The minimum Gasteiger partial charge on any atom is -1.00 e. The summed E-state index contributed by atoms with van der Waals surface area (Å²) in [6.45, 7) is 10.1. The molecular weight excluding hydrogens is 465 g/mol. The molecule has 174 valence electrons. The third kappa shape index (κ3) is 6.32. The second kappa shape index (κ2) is 11.1. The largest absolute Gasteiger partial charge is 1.00 e. The number of nitrogens with zero attached hydrogens (tertiary/aromatic N) is 1. The van der Waals surface area contributed by atoms with Crippen molar-refractivity contribution in [1.82, 2.24) is 4.98 Å². The van der Waals surface area contributed by atoms with E-state index in [9.17, 15) is 0 Å². The minimum absolute atomic E-state index is 0. The second-order valence-corrected chi connectivity index (χ2v) is 10.1. The van der Waals surface area contributed by atoms with Gasteiger partial charge in [0.05, 0.1) is 35.7 Å². The van der Waals surface area contributed by atoms with Gasteiger partial charge in [-0.25, -0.2) is 0 Å². The zero-order chi connectivity index (χ0) is 22.0. The van der Waals surface area contributed by atoms with Crippen LogP contribution in [-0.4, -0.2) is 30.7 Å². The highest BCUT2D eigenvalue weighted by Crippen LogP contribution is 2.26. The van der Waals surface area contributed by atoms with Crippen LogP contribution in [0.15, 0.2) is 40.8 Å². The summed E-state index contributed by atoms with van der Waals surface area (Å²) in [6, 6.07) is 13.1. The van der Waals surface area contributed by atoms with E-state index in [4.69, 9.17) is 27.6 Å². The highest BCUT2D eigenvalue weighted by atomic mass is 35.5. The number of nitrogens with one attached hydrogen (secondary N) is 2. The number of piperidine rings is 1. The Kier molecular flexibility index (Phi) is 8.74. The Morgan fingerprint density at radius 1 is 1.09 bits per heavy atom. The monoisotopic (exact) mass is 495 g/mol. The molecule has 0 amide bonds. The fourth-order valence-corrected chi connectivity index (χ4v) is 4.84. The van der Waals surface area contributed by atoms with Gasteiger partial charge in [-0.1, -0.05) is 49.2 Å². The average molecular weight is 497 g/mol. The fourth-order valence-electron chi connectivity index (χ4n) is 4.52. The van der Waals surface area contributed by atoms with Gasteiger partial charge in [0.2, 0.25) is 0 Å². The smallest absolute Gasteiger partial charge is 0.296 e. The predicted molar refractivity (Wildman–Crippen MR) is 129 cm³/mol. The van der Waals surface area contributed by atoms with E-state index in [-0.39, 0.29) is 12.4 Å². The molecule has 1 atom stereocenters. The zero-order valence-corrected chi connectivity index (χ0v) is 21.2. The molecule has 0 radical (unpaired) electrons. The maximum absolute atomic E-state index is 6.19. The summed E-state index contributed by atoms with van der Waals surface area (Å²) >= 11 is 12.2. The standard InChI is InChI=1S/C25H31Cl2N3O.ClH/c1-16(2)23(29-25-28-22-12-17(3)4-7-24(22)31-25)15-30-10-8-18(9-11-30)13-19-5-6-20(26)21(27)14-19;/h4-7,12,14,16,18,23H,8-11,13,15H2,1-3H3,(H,28,29);1H/t23-;/m1./s1. The number of aromatic nitrogens is 1. The van der Waals surface area contributed by atoms with E-state index in [1.807, 2.05) is 18.2 Å². The molecule has 0 bridgehead atoms. The molecule has 32 heavy (non-hydrogen) atoms. The number of aryl methyl sites for hydroxylation is 1. The Balaban J connectivity index is 0.00000289. The summed E-state index contributed by atoms with van der Waals surface area (Å²) in [4.78, 5) is 6.31. The van der Waals surface area contributed by atoms with Gasteiger partial charge in [0, 0.05) is 0 Å². The molecule has 2 aromatic carbocycles. The molecule has 1 saturated heterocycles. The quantitative estimate of drug-likeness (QED) is 0.528. The Hall–Kier alpha value is -1.46. The number of fused-ring (bicyclic) bond motifs is 1. The highest BCUT2D eigenvalue weighted by Gasteiger charge is 2.27. The van der Waals surface area contributed by atoms with Crippen molar-refractivity contribution >= 4 is 40.3 Å². The molecule has 0 unspecified atom stereocenters. The Labute approximate surface area is 207 Å². The lowest BCUT2D eigenvalue weighted by Gasteiger charge is -2.33. The third-order valence-electron chi connectivity index (χ3n) is 6.49. The van der Waals surface area contributed by atoms with Crippen LogP contribution in [0.2, 0.25) is 10.0 Å². The van der Waals surface area contributed by atoms with E-state index in [2.05, 4.69) is 49.3 Å². The van der Waals surface area contributed by atoms with Gasteiger partial charge in [-0.05, 0) is 73.4 Å². The molecule has 3 aromatic rings. The number of oxazole rings is 1. The van der Waals surface area contributed by atoms with Crippen LogP contribution in [0.3, 0.4) is 0 Å². The fraction of sp³-hybridized carbons (Fsp3) is 0.480. The Morgan fingerprint density at radius 2 is 1.84 bits per heavy atom. The van der Waals surface area contributed by atoms with Crippen LogP contribution in [0, 0.1) is 18.8 Å². The first-order chi connectivity index (χ1) is 14.9. The lowest BCUT2D eigenvalue weighted by Crippen LogP contribution is -3.14. The van der Waals surface area contributed by atoms with E-state index in [0.717, 1.165) is 24.1 Å². The molecular formula is C25H32Cl3N3O. The Bertz CT molecular complexity index is 1030. The molecule has 1 aromatic heterocycles. The Morgan fingerprint density at radius 3 is 2.53 bits per heavy atom. The van der Waals surface area contributed by atoms with Crippen molar-refractivity contribution < 1.29 is 21.7 Å². The van der Waals surface area contributed by atoms with Crippen molar-refractivity contribution in [3.05, 3.63) is 57.6 Å². The molecule has 0 spiro atoms. The first-order valence-electron chi connectivity index (χ1n) is 11.3.